The SMILES string of the molecule is O=C(Nc1ccc(C2CC2NCC2CC2)cc1)c1ccc(-n2ccnc2)cc1. The summed E-state index contributed by atoms with van der Waals surface area (Å²) in [7, 11) is 0. The van der Waals surface area contributed by atoms with Crippen LogP contribution in [0.25, 0.3) is 5.69 Å². The number of anilines is 1. The summed E-state index contributed by atoms with van der Waals surface area (Å²) in [5, 5.41) is 6.66. The van der Waals surface area contributed by atoms with E-state index in [1.165, 1.54) is 31.4 Å². The quantitative estimate of drug-likeness (QED) is 0.659. The van der Waals surface area contributed by atoms with Crippen LogP contribution in [0.3, 0.4) is 0 Å². The lowest BCUT2D eigenvalue weighted by Gasteiger charge is -2.08. The van der Waals surface area contributed by atoms with Crippen LogP contribution in [0.4, 0.5) is 5.69 Å². The maximum absolute atomic E-state index is 12.5. The van der Waals surface area contributed by atoms with Crippen LogP contribution >= 0.6 is 0 Å². The van der Waals surface area contributed by atoms with Gasteiger partial charge in [-0.15, -0.1) is 0 Å². The van der Waals surface area contributed by atoms with Crippen molar-refractivity contribution in [2.45, 2.75) is 31.2 Å². The molecule has 0 radical (unpaired) electrons. The molecule has 0 aliphatic heterocycles. The number of imidazole rings is 1. The maximum Gasteiger partial charge on any atom is 0.255 e. The molecule has 2 N–H and O–H groups in total. The van der Waals surface area contributed by atoms with Crippen LogP contribution in [-0.4, -0.2) is 28.0 Å². The number of rotatable bonds is 7. The maximum atomic E-state index is 12.5. The van der Waals surface area contributed by atoms with Crippen molar-refractivity contribution in [2.75, 3.05) is 11.9 Å². The highest BCUT2D eigenvalue weighted by Crippen LogP contribution is 2.41. The Balaban J connectivity index is 1.17. The molecule has 2 aromatic carbocycles. The molecule has 2 atom stereocenters. The van der Waals surface area contributed by atoms with Crippen molar-refractivity contribution in [2.24, 2.45) is 5.92 Å². The average Bonchev–Trinajstić information content (AvgIpc) is 3.64. The highest BCUT2D eigenvalue weighted by Gasteiger charge is 2.38. The van der Waals surface area contributed by atoms with Gasteiger partial charge in [-0.05, 0) is 73.7 Å². The first-order chi connectivity index (χ1) is 13.8. The Bertz CT molecular complexity index is 943. The summed E-state index contributed by atoms with van der Waals surface area (Å²) in [6.07, 6.45) is 9.36. The molecule has 1 aromatic heterocycles. The summed E-state index contributed by atoms with van der Waals surface area (Å²) in [6, 6.07) is 16.4. The number of nitrogens with zero attached hydrogens (tertiary/aromatic N) is 2. The lowest BCUT2D eigenvalue weighted by Crippen LogP contribution is -2.20. The van der Waals surface area contributed by atoms with E-state index < -0.39 is 0 Å². The van der Waals surface area contributed by atoms with Gasteiger partial charge in [-0.3, -0.25) is 4.79 Å². The number of carbonyl (C=O) groups excluding carboxylic acids is 1. The van der Waals surface area contributed by atoms with E-state index in [2.05, 4.69) is 27.8 Å². The first-order valence-corrected chi connectivity index (χ1v) is 9.99. The molecular formula is C23H24N4O. The second kappa shape index (κ2) is 7.24. The fourth-order valence-electron chi connectivity index (χ4n) is 3.64. The van der Waals surface area contributed by atoms with Gasteiger partial charge in [0.1, 0.15) is 0 Å². The Morgan fingerprint density at radius 3 is 2.54 bits per heavy atom. The Morgan fingerprint density at radius 2 is 1.86 bits per heavy atom. The zero-order chi connectivity index (χ0) is 18.9. The number of nitrogens with one attached hydrogen (secondary N) is 2. The predicted octanol–water partition coefficient (Wildman–Crippen LogP) is 3.98. The van der Waals surface area contributed by atoms with Gasteiger partial charge in [0.2, 0.25) is 0 Å². The molecule has 2 aliphatic carbocycles. The summed E-state index contributed by atoms with van der Waals surface area (Å²) >= 11 is 0. The molecule has 5 nitrogen and oxygen atoms in total. The van der Waals surface area contributed by atoms with Crippen molar-refractivity contribution in [3.63, 3.8) is 0 Å². The summed E-state index contributed by atoms with van der Waals surface area (Å²) < 4.78 is 1.91. The molecule has 142 valence electrons. The van der Waals surface area contributed by atoms with Gasteiger partial charge in [0.15, 0.2) is 0 Å². The summed E-state index contributed by atoms with van der Waals surface area (Å²) in [6.45, 7) is 1.18. The Kier molecular flexibility index (Phi) is 4.45. The molecule has 0 spiro atoms. The van der Waals surface area contributed by atoms with Gasteiger partial charge in [-0.25, -0.2) is 4.98 Å². The van der Waals surface area contributed by atoms with E-state index >= 15 is 0 Å². The summed E-state index contributed by atoms with van der Waals surface area (Å²) in [5.74, 6) is 1.45. The van der Waals surface area contributed by atoms with E-state index in [-0.39, 0.29) is 5.91 Å². The predicted molar refractivity (Wildman–Crippen MR) is 110 cm³/mol. The van der Waals surface area contributed by atoms with Crippen LogP contribution < -0.4 is 10.6 Å². The van der Waals surface area contributed by atoms with E-state index in [0.29, 0.717) is 17.5 Å². The highest BCUT2D eigenvalue weighted by molar-refractivity contribution is 6.04. The number of hydrogen-bond donors (Lipinski definition) is 2. The van der Waals surface area contributed by atoms with Gasteiger partial charge in [-0.1, -0.05) is 12.1 Å². The van der Waals surface area contributed by atoms with E-state index in [4.69, 9.17) is 0 Å². The smallest absolute Gasteiger partial charge is 0.255 e. The second-order valence-corrected chi connectivity index (χ2v) is 7.89. The van der Waals surface area contributed by atoms with Gasteiger partial charge in [0.05, 0.1) is 6.33 Å². The number of hydrogen-bond acceptors (Lipinski definition) is 3. The fraction of sp³-hybridized carbons (Fsp3) is 0.304. The standard InChI is InChI=1S/C23H24N4O/c28-23(18-5-9-20(10-6-18)27-12-11-24-15-27)26-19-7-3-17(4-8-19)21-13-22(21)25-14-16-1-2-16/h3-12,15-16,21-22,25H,1-2,13-14H2,(H,26,28). The summed E-state index contributed by atoms with van der Waals surface area (Å²) in [5.41, 5.74) is 3.80. The highest BCUT2D eigenvalue weighted by atomic mass is 16.1. The number of aromatic nitrogens is 2. The van der Waals surface area contributed by atoms with Gasteiger partial charge >= 0.3 is 0 Å². The van der Waals surface area contributed by atoms with E-state index in [1.807, 2.05) is 47.2 Å². The third-order valence-electron chi connectivity index (χ3n) is 5.68. The largest absolute Gasteiger partial charge is 0.322 e. The van der Waals surface area contributed by atoms with Gasteiger partial charge < -0.3 is 15.2 Å². The first kappa shape index (κ1) is 17.2. The third-order valence-corrected chi connectivity index (χ3v) is 5.68. The van der Waals surface area contributed by atoms with Crippen molar-refractivity contribution in [3.05, 3.63) is 78.4 Å². The fourth-order valence-corrected chi connectivity index (χ4v) is 3.64. The average molecular weight is 372 g/mol. The Morgan fingerprint density at radius 1 is 1.07 bits per heavy atom. The van der Waals surface area contributed by atoms with Crippen LogP contribution in [0.2, 0.25) is 0 Å². The van der Waals surface area contributed by atoms with E-state index in [9.17, 15) is 4.79 Å². The molecule has 2 fully saturated rings. The van der Waals surface area contributed by atoms with Crippen LogP contribution in [-0.2, 0) is 0 Å². The molecule has 3 aromatic rings. The Labute approximate surface area is 164 Å². The monoisotopic (exact) mass is 372 g/mol. The number of amides is 1. The molecule has 2 aliphatic rings. The molecular weight excluding hydrogens is 348 g/mol. The molecule has 0 bridgehead atoms. The van der Waals surface area contributed by atoms with Crippen LogP contribution in [0.1, 0.15) is 41.1 Å². The zero-order valence-corrected chi connectivity index (χ0v) is 15.7. The molecule has 5 heteroatoms. The third kappa shape index (κ3) is 3.85. The lowest BCUT2D eigenvalue weighted by atomic mass is 10.1. The van der Waals surface area contributed by atoms with Crippen molar-refractivity contribution in [3.8, 4) is 5.69 Å². The van der Waals surface area contributed by atoms with Crippen molar-refractivity contribution < 1.29 is 4.79 Å². The van der Waals surface area contributed by atoms with Crippen LogP contribution in [0.5, 0.6) is 0 Å². The zero-order valence-electron chi connectivity index (χ0n) is 15.7. The normalized spacial score (nSPS) is 20.7. The van der Waals surface area contributed by atoms with E-state index in [0.717, 1.165) is 17.3 Å². The van der Waals surface area contributed by atoms with Crippen LogP contribution in [0, 0.1) is 5.92 Å². The minimum Gasteiger partial charge on any atom is -0.322 e. The number of benzene rings is 2. The second-order valence-electron chi connectivity index (χ2n) is 7.89. The Hall–Kier alpha value is -2.92. The van der Waals surface area contributed by atoms with Crippen molar-refractivity contribution >= 4 is 11.6 Å². The minimum atomic E-state index is -0.0969. The first-order valence-electron chi connectivity index (χ1n) is 9.99. The minimum absolute atomic E-state index is 0.0969. The van der Waals surface area contributed by atoms with Crippen molar-refractivity contribution in [1.82, 2.24) is 14.9 Å². The topological polar surface area (TPSA) is 59.0 Å². The number of carbonyl (C=O) groups is 1. The van der Waals surface area contributed by atoms with Crippen molar-refractivity contribution in [1.29, 1.82) is 0 Å². The molecule has 28 heavy (non-hydrogen) atoms. The van der Waals surface area contributed by atoms with Crippen LogP contribution in [0.15, 0.2) is 67.3 Å². The molecule has 2 unspecified atom stereocenters. The van der Waals surface area contributed by atoms with Gasteiger partial charge in [-0.2, -0.15) is 0 Å². The summed E-state index contributed by atoms with van der Waals surface area (Å²) in [4.78, 5) is 16.6. The molecule has 1 amide bonds. The lowest BCUT2D eigenvalue weighted by molar-refractivity contribution is 0.102. The van der Waals surface area contributed by atoms with E-state index in [1.54, 1.807) is 12.5 Å². The molecule has 0 saturated heterocycles. The molecule has 1 heterocycles. The molecule has 5 rings (SSSR count). The molecule has 2 saturated carbocycles. The van der Waals surface area contributed by atoms with Gasteiger partial charge in [0, 0.05) is 41.3 Å². The van der Waals surface area contributed by atoms with Gasteiger partial charge in [0.25, 0.3) is 5.91 Å².